The molecule has 5 atom stereocenters. The number of hydrogen-bond donors (Lipinski definition) is 3. The van der Waals surface area contributed by atoms with Gasteiger partial charge in [0.1, 0.15) is 19.3 Å². The van der Waals surface area contributed by atoms with Gasteiger partial charge in [0.15, 0.2) is 12.2 Å². The van der Waals surface area contributed by atoms with Crippen molar-refractivity contribution in [3.05, 3.63) is 0 Å². The van der Waals surface area contributed by atoms with E-state index in [9.17, 15) is 43.2 Å². The SMILES string of the molecule is CCCCCCCCCCCCCCCC(=O)O[C@H](COC(=O)CCCCCCCCCCC(C)C)COP(=O)(O)OC[C@H](O)COP(=O)(O)OC[C@@H](COC(=O)CCCCCCCCCCCCCCCCC(C)C)OC(=O)CCCCCCCCCCCCCCCCCCC(C)C. The van der Waals surface area contributed by atoms with E-state index >= 15 is 0 Å². The molecular weight excluding hydrogens is 1310 g/mol. The van der Waals surface area contributed by atoms with Gasteiger partial charge in [-0.15, -0.1) is 0 Å². The molecule has 0 aromatic heterocycles. The monoisotopic (exact) mass is 1470 g/mol. The Hall–Kier alpha value is -1.94. The summed E-state index contributed by atoms with van der Waals surface area (Å²) in [4.78, 5) is 73.0. The molecule has 3 N–H and O–H groups in total. The van der Waals surface area contributed by atoms with Crippen molar-refractivity contribution >= 4 is 39.5 Å². The third-order valence-electron chi connectivity index (χ3n) is 18.9. The molecule has 0 aliphatic rings. The maximum absolute atomic E-state index is 13.1. The summed E-state index contributed by atoms with van der Waals surface area (Å²) in [6.45, 7) is 12.0. The molecule has 0 amide bonds. The zero-order chi connectivity index (χ0) is 73.7. The van der Waals surface area contributed by atoms with Gasteiger partial charge in [-0.3, -0.25) is 37.3 Å². The van der Waals surface area contributed by atoms with Gasteiger partial charge in [0.05, 0.1) is 26.4 Å². The molecule has 17 nitrogen and oxygen atoms in total. The van der Waals surface area contributed by atoms with Crippen molar-refractivity contribution in [1.82, 2.24) is 0 Å². The Labute approximate surface area is 613 Å². The van der Waals surface area contributed by atoms with Crippen molar-refractivity contribution in [2.75, 3.05) is 39.6 Å². The maximum atomic E-state index is 13.1. The third-order valence-corrected chi connectivity index (χ3v) is 20.8. The summed E-state index contributed by atoms with van der Waals surface area (Å²) in [5, 5.41) is 10.6. The highest BCUT2D eigenvalue weighted by Gasteiger charge is 2.30. The molecule has 2 unspecified atom stereocenters. The van der Waals surface area contributed by atoms with Crippen molar-refractivity contribution in [2.24, 2.45) is 17.8 Å². The smallest absolute Gasteiger partial charge is 0.462 e. The average molecular weight is 1470 g/mol. The van der Waals surface area contributed by atoms with Gasteiger partial charge in [-0.25, -0.2) is 9.13 Å². The van der Waals surface area contributed by atoms with Crippen LogP contribution in [0.1, 0.15) is 421 Å². The average Bonchev–Trinajstić information content (AvgIpc) is 0.951. The fraction of sp³-hybridized carbons (Fsp3) is 0.951. The first-order valence-electron chi connectivity index (χ1n) is 41.8. The van der Waals surface area contributed by atoms with Gasteiger partial charge >= 0.3 is 39.5 Å². The first-order chi connectivity index (χ1) is 48.2. The van der Waals surface area contributed by atoms with Gasteiger partial charge in [0.25, 0.3) is 0 Å². The number of aliphatic hydroxyl groups excluding tert-OH is 1. The summed E-state index contributed by atoms with van der Waals surface area (Å²) in [6.07, 6.45) is 59.6. The molecule has 0 aliphatic carbocycles. The van der Waals surface area contributed by atoms with E-state index in [1.54, 1.807) is 0 Å². The molecule has 0 saturated heterocycles. The topological polar surface area (TPSA) is 237 Å². The van der Waals surface area contributed by atoms with Crippen LogP contribution in [0.5, 0.6) is 0 Å². The summed E-state index contributed by atoms with van der Waals surface area (Å²) < 4.78 is 68.7. The Morgan fingerprint density at radius 3 is 0.680 bits per heavy atom. The molecule has 19 heteroatoms. The van der Waals surface area contributed by atoms with Gasteiger partial charge in [-0.05, 0) is 43.4 Å². The van der Waals surface area contributed by atoms with E-state index in [-0.39, 0.29) is 25.7 Å². The minimum atomic E-state index is -4.96. The highest BCUT2D eigenvalue weighted by Crippen LogP contribution is 2.45. The van der Waals surface area contributed by atoms with E-state index in [1.165, 1.54) is 231 Å². The molecule has 0 aromatic carbocycles. The number of carbonyl (C=O) groups excluding carboxylic acids is 4. The number of phosphoric ester groups is 2. The van der Waals surface area contributed by atoms with Crippen molar-refractivity contribution in [3.8, 4) is 0 Å². The molecule has 0 bridgehead atoms. The molecule has 0 heterocycles. The molecule has 0 saturated carbocycles. The predicted octanol–water partition coefficient (Wildman–Crippen LogP) is 24.1. The van der Waals surface area contributed by atoms with Crippen LogP contribution in [-0.4, -0.2) is 96.7 Å². The lowest BCUT2D eigenvalue weighted by Gasteiger charge is -2.21. The summed E-state index contributed by atoms with van der Waals surface area (Å²) in [5.41, 5.74) is 0. The second-order valence-corrected chi connectivity index (χ2v) is 33.5. The lowest BCUT2D eigenvalue weighted by atomic mass is 10.0. The fourth-order valence-corrected chi connectivity index (χ4v) is 14.1. The van der Waals surface area contributed by atoms with Crippen molar-refractivity contribution in [2.45, 2.75) is 439 Å². The zero-order valence-electron chi connectivity index (χ0n) is 65.7. The molecule has 0 fully saturated rings. The second kappa shape index (κ2) is 71.3. The largest absolute Gasteiger partial charge is 0.472 e. The standard InChI is InChI=1S/C81H158O17P2/c1-8-9-10-11-12-13-14-21-29-34-43-50-57-64-80(85)98-77(69-92-79(84)63-56-49-42-37-36-40-47-54-61-74(6)7)71-96-100(89,90)94-67-75(82)66-93-99(87,88)95-70-76(68-91-78(83)62-55-48-41-33-28-24-20-19-23-27-32-39-46-53-60-73(4)5)97-81(86)65-58-51-44-35-30-25-18-16-15-17-22-26-31-38-45-52-59-72(2)3/h72-77,82H,8-71H2,1-7H3,(H,87,88)(H,89,90)/t75-,76-,77-/m1/s1. The third kappa shape index (κ3) is 74.3. The van der Waals surface area contributed by atoms with Crippen molar-refractivity contribution in [3.63, 3.8) is 0 Å². The Bertz CT molecular complexity index is 1940. The Morgan fingerprint density at radius 1 is 0.270 bits per heavy atom. The molecule has 100 heavy (non-hydrogen) atoms. The molecule has 0 aliphatic heterocycles. The first kappa shape index (κ1) is 98.1. The fourth-order valence-electron chi connectivity index (χ4n) is 12.5. The quantitative estimate of drug-likeness (QED) is 0.0222. The van der Waals surface area contributed by atoms with Crippen LogP contribution in [0.4, 0.5) is 0 Å². The number of carbonyl (C=O) groups is 4. The van der Waals surface area contributed by atoms with E-state index in [2.05, 4.69) is 48.5 Å². The summed E-state index contributed by atoms with van der Waals surface area (Å²) in [5.74, 6) is 0.225. The lowest BCUT2D eigenvalue weighted by Crippen LogP contribution is -2.30. The van der Waals surface area contributed by atoms with Crippen LogP contribution in [0, 0.1) is 17.8 Å². The summed E-state index contributed by atoms with van der Waals surface area (Å²) in [7, 11) is -9.92. The number of unbranched alkanes of at least 4 members (excludes halogenated alkanes) is 47. The zero-order valence-corrected chi connectivity index (χ0v) is 67.5. The van der Waals surface area contributed by atoms with Crippen LogP contribution in [0.25, 0.3) is 0 Å². The summed E-state index contributed by atoms with van der Waals surface area (Å²) in [6, 6.07) is 0. The lowest BCUT2D eigenvalue weighted by molar-refractivity contribution is -0.161. The van der Waals surface area contributed by atoms with Crippen LogP contribution in [0.15, 0.2) is 0 Å². The van der Waals surface area contributed by atoms with E-state index in [4.69, 9.17) is 37.0 Å². The van der Waals surface area contributed by atoms with Crippen LogP contribution >= 0.6 is 15.6 Å². The molecule has 0 spiro atoms. The molecule has 594 valence electrons. The number of aliphatic hydroxyl groups is 1. The maximum Gasteiger partial charge on any atom is 0.472 e. The van der Waals surface area contributed by atoms with E-state index in [0.717, 1.165) is 108 Å². The van der Waals surface area contributed by atoms with E-state index in [0.29, 0.717) is 25.7 Å². The van der Waals surface area contributed by atoms with E-state index in [1.807, 2.05) is 0 Å². The van der Waals surface area contributed by atoms with Gasteiger partial charge < -0.3 is 33.8 Å². The van der Waals surface area contributed by atoms with Gasteiger partial charge in [-0.2, -0.15) is 0 Å². The van der Waals surface area contributed by atoms with E-state index < -0.39 is 97.5 Å². The van der Waals surface area contributed by atoms with Crippen molar-refractivity contribution in [1.29, 1.82) is 0 Å². The molecular formula is C81H158O17P2. The first-order valence-corrected chi connectivity index (χ1v) is 44.8. The van der Waals surface area contributed by atoms with Crippen LogP contribution in [0.3, 0.4) is 0 Å². The minimum absolute atomic E-state index is 0.107. The highest BCUT2D eigenvalue weighted by molar-refractivity contribution is 7.47. The van der Waals surface area contributed by atoms with Gasteiger partial charge in [-0.1, -0.05) is 370 Å². The van der Waals surface area contributed by atoms with Crippen LogP contribution < -0.4 is 0 Å². The number of hydrogen-bond acceptors (Lipinski definition) is 15. The summed E-state index contributed by atoms with van der Waals surface area (Å²) >= 11 is 0. The molecule has 0 rings (SSSR count). The molecule has 0 radical (unpaired) electrons. The van der Waals surface area contributed by atoms with Crippen LogP contribution in [0.2, 0.25) is 0 Å². The van der Waals surface area contributed by atoms with Crippen LogP contribution in [-0.2, 0) is 65.4 Å². The Kier molecular flexibility index (Phi) is 69.9. The van der Waals surface area contributed by atoms with Crippen molar-refractivity contribution < 1.29 is 80.2 Å². The molecule has 0 aromatic rings. The number of rotatable bonds is 79. The normalized spacial score (nSPS) is 14.0. The number of esters is 4. The minimum Gasteiger partial charge on any atom is -0.462 e. The van der Waals surface area contributed by atoms with Gasteiger partial charge in [0, 0.05) is 25.7 Å². The Morgan fingerprint density at radius 2 is 0.460 bits per heavy atom. The Balaban J connectivity index is 5.25. The predicted molar refractivity (Wildman–Crippen MR) is 409 cm³/mol. The number of phosphoric acid groups is 2. The number of ether oxygens (including phenoxy) is 4. The second-order valence-electron chi connectivity index (χ2n) is 30.6. The highest BCUT2D eigenvalue weighted by atomic mass is 31.2. The van der Waals surface area contributed by atoms with Gasteiger partial charge in [0.2, 0.25) is 0 Å².